The Labute approximate surface area is 164 Å². The fourth-order valence-electron chi connectivity index (χ4n) is 4.73. The zero-order valence-corrected chi connectivity index (χ0v) is 16.3. The lowest BCUT2D eigenvalue weighted by Gasteiger charge is -2.45. The van der Waals surface area contributed by atoms with Crippen molar-refractivity contribution in [2.75, 3.05) is 0 Å². The van der Waals surface area contributed by atoms with Crippen LogP contribution < -0.4 is 11.1 Å². The summed E-state index contributed by atoms with van der Waals surface area (Å²) in [5.41, 5.74) is 6.93. The summed E-state index contributed by atoms with van der Waals surface area (Å²) in [4.78, 5) is 17.4. The third-order valence-corrected chi connectivity index (χ3v) is 6.27. The van der Waals surface area contributed by atoms with Gasteiger partial charge in [0.1, 0.15) is 5.82 Å². The van der Waals surface area contributed by atoms with Crippen molar-refractivity contribution in [3.63, 3.8) is 0 Å². The number of hydrogen-bond donors (Lipinski definition) is 2. The molecule has 2 saturated carbocycles. The molecular weight excluding hydrogens is 362 g/mol. The average molecular weight is 388 g/mol. The second-order valence-electron chi connectivity index (χ2n) is 7.75. The Bertz CT molecular complexity index is 822. The Balaban J connectivity index is 1.57. The molecule has 1 heterocycles. The number of benzene rings is 1. The number of para-hydroxylation sites is 1. The van der Waals surface area contributed by atoms with Gasteiger partial charge in [0.25, 0.3) is 5.91 Å². The van der Waals surface area contributed by atoms with Crippen molar-refractivity contribution in [1.29, 1.82) is 0 Å². The molecule has 2 aliphatic carbocycles. The van der Waals surface area contributed by atoms with Crippen LogP contribution in [0.3, 0.4) is 0 Å². The van der Waals surface area contributed by atoms with Gasteiger partial charge in [0.15, 0.2) is 0 Å². The maximum absolute atomic E-state index is 12.9. The molecule has 1 aromatic carbocycles. The first kappa shape index (κ1) is 18.4. The maximum atomic E-state index is 12.9. The Kier molecular flexibility index (Phi) is 5.19. The van der Waals surface area contributed by atoms with Gasteiger partial charge in [0, 0.05) is 18.5 Å². The molecule has 1 amide bonds. The summed E-state index contributed by atoms with van der Waals surface area (Å²) in [7, 11) is 0. The minimum atomic E-state index is -0.201. The van der Waals surface area contributed by atoms with E-state index < -0.39 is 0 Å². The number of halogens is 1. The van der Waals surface area contributed by atoms with E-state index in [0.29, 0.717) is 23.3 Å². The van der Waals surface area contributed by atoms with E-state index >= 15 is 0 Å². The Morgan fingerprint density at radius 3 is 2.67 bits per heavy atom. The highest BCUT2D eigenvalue weighted by molar-refractivity contribution is 6.32. The molecule has 6 nitrogen and oxygen atoms in total. The zero-order chi connectivity index (χ0) is 19.0. The number of fused-ring (bicyclic) bond motifs is 2. The van der Waals surface area contributed by atoms with Gasteiger partial charge in [-0.2, -0.15) is 0 Å². The topological polar surface area (TPSA) is 85.8 Å². The second-order valence-corrected chi connectivity index (χ2v) is 8.16. The van der Waals surface area contributed by atoms with Crippen molar-refractivity contribution in [3.05, 3.63) is 40.9 Å². The summed E-state index contributed by atoms with van der Waals surface area (Å²) in [6, 6.07) is 7.90. The molecule has 3 N–H and O–H groups in total. The van der Waals surface area contributed by atoms with Crippen molar-refractivity contribution in [1.82, 2.24) is 20.1 Å². The number of nitrogens with zero attached hydrogens (tertiary/aromatic N) is 3. The molecule has 2 aliphatic rings. The second kappa shape index (κ2) is 7.60. The van der Waals surface area contributed by atoms with Crippen molar-refractivity contribution in [2.24, 2.45) is 17.6 Å². The van der Waals surface area contributed by atoms with E-state index in [-0.39, 0.29) is 23.8 Å². The zero-order valence-electron chi connectivity index (χ0n) is 15.6. The standard InChI is InChI=1S/C20H26ClN5O/c1-2-17-23-19(25-26(17)16-9-4-3-8-15(16)21)20(27)24-18-12-6-5-7-13(18)11-14(22)10-12/h3-4,8-9,12-14,18H,2,5-7,10-11,22H2,1H3,(H,24,27). The fraction of sp³-hybridized carbons (Fsp3) is 0.550. The number of amides is 1. The molecule has 2 aromatic rings. The predicted octanol–water partition coefficient (Wildman–Crippen LogP) is 3.12. The van der Waals surface area contributed by atoms with Crippen LogP contribution >= 0.6 is 11.6 Å². The first-order chi connectivity index (χ1) is 13.1. The molecule has 2 bridgehead atoms. The van der Waals surface area contributed by atoms with Crippen LogP contribution in [0.2, 0.25) is 5.02 Å². The Morgan fingerprint density at radius 1 is 1.30 bits per heavy atom. The lowest BCUT2D eigenvalue weighted by atomic mass is 9.67. The number of hydrogen-bond acceptors (Lipinski definition) is 4. The Morgan fingerprint density at radius 2 is 2.00 bits per heavy atom. The van der Waals surface area contributed by atoms with Gasteiger partial charge in [-0.3, -0.25) is 4.79 Å². The minimum Gasteiger partial charge on any atom is -0.346 e. The normalized spacial score (nSPS) is 27.4. The molecule has 1 aromatic heterocycles. The van der Waals surface area contributed by atoms with E-state index in [9.17, 15) is 4.79 Å². The molecule has 2 atom stereocenters. The number of carbonyl (C=O) groups excluding carboxylic acids is 1. The summed E-state index contributed by atoms with van der Waals surface area (Å²) in [5.74, 6) is 1.66. The van der Waals surface area contributed by atoms with E-state index in [1.54, 1.807) is 4.68 Å². The molecule has 144 valence electrons. The van der Waals surface area contributed by atoms with Crippen LogP contribution in [0.15, 0.2) is 24.3 Å². The smallest absolute Gasteiger partial charge is 0.291 e. The van der Waals surface area contributed by atoms with E-state index in [1.165, 1.54) is 6.42 Å². The van der Waals surface area contributed by atoms with E-state index in [4.69, 9.17) is 17.3 Å². The van der Waals surface area contributed by atoms with E-state index in [0.717, 1.165) is 37.2 Å². The van der Waals surface area contributed by atoms with Gasteiger partial charge in [-0.25, -0.2) is 9.67 Å². The maximum Gasteiger partial charge on any atom is 0.291 e. The van der Waals surface area contributed by atoms with E-state index in [2.05, 4.69) is 15.4 Å². The molecule has 0 spiro atoms. The van der Waals surface area contributed by atoms with Gasteiger partial charge < -0.3 is 11.1 Å². The van der Waals surface area contributed by atoms with Gasteiger partial charge in [-0.05, 0) is 49.7 Å². The van der Waals surface area contributed by atoms with E-state index in [1.807, 2.05) is 31.2 Å². The molecule has 0 aliphatic heterocycles. The van der Waals surface area contributed by atoms with Gasteiger partial charge in [-0.15, -0.1) is 5.10 Å². The summed E-state index contributed by atoms with van der Waals surface area (Å²) < 4.78 is 1.68. The summed E-state index contributed by atoms with van der Waals surface area (Å²) >= 11 is 6.31. The first-order valence-electron chi connectivity index (χ1n) is 9.84. The summed E-state index contributed by atoms with van der Waals surface area (Å²) in [6.07, 6.45) is 6.14. The largest absolute Gasteiger partial charge is 0.346 e. The quantitative estimate of drug-likeness (QED) is 0.843. The molecule has 7 heteroatoms. The lowest BCUT2D eigenvalue weighted by molar-refractivity contribution is 0.0747. The van der Waals surface area contributed by atoms with Crippen LogP contribution in [-0.2, 0) is 6.42 Å². The number of rotatable bonds is 4. The number of aryl methyl sites for hydroxylation is 1. The molecular formula is C20H26ClN5O. The number of nitrogens with one attached hydrogen (secondary N) is 1. The first-order valence-corrected chi connectivity index (χ1v) is 10.2. The Hall–Kier alpha value is -1.92. The van der Waals surface area contributed by atoms with Gasteiger partial charge >= 0.3 is 0 Å². The third-order valence-electron chi connectivity index (χ3n) is 5.95. The van der Waals surface area contributed by atoms with Gasteiger partial charge in [0.2, 0.25) is 5.82 Å². The van der Waals surface area contributed by atoms with Crippen LogP contribution in [0.5, 0.6) is 0 Å². The molecule has 0 radical (unpaired) electrons. The van der Waals surface area contributed by atoms with Gasteiger partial charge in [-0.1, -0.05) is 37.1 Å². The van der Waals surface area contributed by atoms with Crippen LogP contribution in [-0.4, -0.2) is 32.8 Å². The SMILES string of the molecule is CCc1nc(C(=O)NC2C3CCCC2CC(N)C3)nn1-c1ccccc1Cl. The van der Waals surface area contributed by atoms with Crippen molar-refractivity contribution < 1.29 is 4.79 Å². The highest BCUT2D eigenvalue weighted by Gasteiger charge is 2.40. The summed E-state index contributed by atoms with van der Waals surface area (Å²) in [6.45, 7) is 1.99. The van der Waals surface area contributed by atoms with Crippen LogP contribution in [0.25, 0.3) is 5.69 Å². The average Bonchev–Trinajstić information content (AvgIpc) is 3.07. The highest BCUT2D eigenvalue weighted by atomic mass is 35.5. The molecule has 0 saturated heterocycles. The third kappa shape index (κ3) is 3.60. The van der Waals surface area contributed by atoms with Crippen molar-refractivity contribution in [3.8, 4) is 5.69 Å². The number of carbonyl (C=O) groups is 1. The van der Waals surface area contributed by atoms with Crippen LogP contribution in [0.4, 0.5) is 0 Å². The minimum absolute atomic E-state index is 0.184. The fourth-order valence-corrected chi connectivity index (χ4v) is 4.94. The number of aromatic nitrogens is 3. The number of nitrogens with two attached hydrogens (primary N) is 1. The predicted molar refractivity (Wildman–Crippen MR) is 105 cm³/mol. The van der Waals surface area contributed by atoms with Gasteiger partial charge in [0.05, 0.1) is 10.7 Å². The van der Waals surface area contributed by atoms with Crippen molar-refractivity contribution >= 4 is 17.5 Å². The van der Waals surface area contributed by atoms with Crippen LogP contribution in [0, 0.1) is 11.8 Å². The van der Waals surface area contributed by atoms with Crippen molar-refractivity contribution in [2.45, 2.75) is 57.5 Å². The molecule has 2 unspecified atom stereocenters. The molecule has 27 heavy (non-hydrogen) atoms. The highest BCUT2D eigenvalue weighted by Crippen LogP contribution is 2.39. The molecule has 4 rings (SSSR count). The monoisotopic (exact) mass is 387 g/mol. The molecule has 2 fully saturated rings. The lowest BCUT2D eigenvalue weighted by Crippen LogP contribution is -2.53. The van der Waals surface area contributed by atoms with Crippen LogP contribution in [0.1, 0.15) is 55.5 Å². The summed E-state index contributed by atoms with van der Waals surface area (Å²) in [5, 5.41) is 8.28.